The molecule has 5 aromatic rings. The number of fused-ring (bicyclic) bond motifs is 3. The number of benzene rings is 3. The van der Waals surface area contributed by atoms with Crippen molar-refractivity contribution in [3.05, 3.63) is 64.6 Å². The SMILES string of the molecule is Clc1ccc(-c2nc3cc4nc5ccccc5[nH]c4cc3n2)c(Cl)c1. The highest BCUT2D eigenvalue weighted by Crippen LogP contribution is 2.31. The molecule has 25 heavy (non-hydrogen) atoms. The number of imidazole rings is 1. The molecule has 0 amide bonds. The van der Waals surface area contributed by atoms with Crippen molar-refractivity contribution in [2.75, 3.05) is 0 Å². The maximum atomic E-state index is 6.28. The van der Waals surface area contributed by atoms with Crippen LogP contribution in [0.4, 0.5) is 0 Å². The van der Waals surface area contributed by atoms with Gasteiger partial charge in [0.05, 0.1) is 38.1 Å². The quantitative estimate of drug-likeness (QED) is 0.392. The Hall–Kier alpha value is -2.69. The lowest BCUT2D eigenvalue weighted by Gasteiger charge is -2.01. The third-order valence-electron chi connectivity index (χ3n) is 4.13. The molecule has 2 heterocycles. The van der Waals surface area contributed by atoms with Crippen LogP contribution in [0, 0.1) is 0 Å². The number of para-hydroxylation sites is 2. The second-order valence-electron chi connectivity index (χ2n) is 5.78. The van der Waals surface area contributed by atoms with Gasteiger partial charge in [0.1, 0.15) is 0 Å². The van der Waals surface area contributed by atoms with Crippen molar-refractivity contribution in [1.29, 1.82) is 0 Å². The van der Waals surface area contributed by atoms with E-state index in [4.69, 9.17) is 28.2 Å². The summed E-state index contributed by atoms with van der Waals surface area (Å²) in [7, 11) is 0. The minimum atomic E-state index is 0.530. The molecule has 3 aromatic carbocycles. The first-order valence-corrected chi connectivity index (χ1v) is 8.45. The van der Waals surface area contributed by atoms with E-state index in [1.165, 1.54) is 0 Å². The Morgan fingerprint density at radius 2 is 1.48 bits per heavy atom. The van der Waals surface area contributed by atoms with Crippen LogP contribution in [0.25, 0.3) is 44.5 Å². The summed E-state index contributed by atoms with van der Waals surface area (Å²) >= 11 is 12.3. The average Bonchev–Trinajstić information content (AvgIpc) is 3.00. The van der Waals surface area contributed by atoms with Crippen molar-refractivity contribution in [1.82, 2.24) is 19.9 Å². The fourth-order valence-electron chi connectivity index (χ4n) is 2.93. The monoisotopic (exact) mass is 364 g/mol. The van der Waals surface area contributed by atoms with E-state index in [1.54, 1.807) is 12.1 Å². The summed E-state index contributed by atoms with van der Waals surface area (Å²) in [5, 5.41) is 1.11. The predicted octanol–water partition coefficient (Wildman–Crippen LogP) is 5.63. The number of rotatable bonds is 1. The van der Waals surface area contributed by atoms with Gasteiger partial charge in [0, 0.05) is 10.6 Å². The van der Waals surface area contributed by atoms with Gasteiger partial charge in [-0.3, -0.25) is 0 Å². The molecule has 120 valence electrons. The van der Waals surface area contributed by atoms with Crippen LogP contribution >= 0.6 is 23.2 Å². The van der Waals surface area contributed by atoms with Gasteiger partial charge in [-0.2, -0.15) is 0 Å². The molecule has 0 bridgehead atoms. The summed E-state index contributed by atoms with van der Waals surface area (Å²) < 4.78 is 0. The predicted molar refractivity (Wildman–Crippen MR) is 102 cm³/mol. The van der Waals surface area contributed by atoms with E-state index in [0.29, 0.717) is 15.9 Å². The van der Waals surface area contributed by atoms with Gasteiger partial charge in [0.2, 0.25) is 0 Å². The van der Waals surface area contributed by atoms with Crippen molar-refractivity contribution in [3.8, 4) is 11.4 Å². The van der Waals surface area contributed by atoms with E-state index in [0.717, 1.165) is 38.7 Å². The molecule has 0 aliphatic heterocycles. The van der Waals surface area contributed by atoms with Crippen LogP contribution in [0.1, 0.15) is 0 Å². The summed E-state index contributed by atoms with van der Waals surface area (Å²) in [6, 6.07) is 17.1. The summed E-state index contributed by atoms with van der Waals surface area (Å²) in [6.45, 7) is 0. The Bertz CT molecular complexity index is 1200. The highest BCUT2D eigenvalue weighted by molar-refractivity contribution is 6.36. The zero-order valence-corrected chi connectivity index (χ0v) is 14.3. The van der Waals surface area contributed by atoms with Gasteiger partial charge in [-0.05, 0) is 42.5 Å². The lowest BCUT2D eigenvalue weighted by atomic mass is 10.2. The molecule has 0 atom stereocenters. The van der Waals surface area contributed by atoms with Gasteiger partial charge >= 0.3 is 0 Å². The van der Waals surface area contributed by atoms with Crippen LogP contribution in [-0.2, 0) is 0 Å². The molecule has 1 N–H and O–H groups in total. The number of nitrogens with zero attached hydrogens (tertiary/aromatic N) is 3. The average molecular weight is 365 g/mol. The molecular formula is C19H10Cl2N4. The van der Waals surface area contributed by atoms with Gasteiger partial charge in [-0.25, -0.2) is 15.0 Å². The Balaban J connectivity index is 1.75. The van der Waals surface area contributed by atoms with Crippen molar-refractivity contribution in [3.63, 3.8) is 0 Å². The molecule has 0 spiro atoms. The van der Waals surface area contributed by atoms with E-state index in [1.807, 2.05) is 42.5 Å². The number of aromatic nitrogens is 4. The number of H-pyrrole nitrogens is 1. The van der Waals surface area contributed by atoms with Gasteiger partial charge in [-0.1, -0.05) is 35.3 Å². The lowest BCUT2D eigenvalue weighted by molar-refractivity contribution is 1.34. The maximum absolute atomic E-state index is 6.28. The van der Waals surface area contributed by atoms with E-state index < -0.39 is 0 Å². The first kappa shape index (κ1) is 14.6. The highest BCUT2D eigenvalue weighted by Gasteiger charge is 2.12. The maximum Gasteiger partial charge on any atom is 0.162 e. The number of hydrogen-bond acceptors (Lipinski definition) is 3. The number of aromatic amines is 1. The first-order valence-electron chi connectivity index (χ1n) is 7.69. The Morgan fingerprint density at radius 1 is 0.680 bits per heavy atom. The zero-order valence-electron chi connectivity index (χ0n) is 12.8. The summed E-state index contributed by atoms with van der Waals surface area (Å²) in [5.41, 5.74) is 5.99. The minimum absolute atomic E-state index is 0.530. The smallest absolute Gasteiger partial charge is 0.162 e. The Morgan fingerprint density at radius 3 is 2.32 bits per heavy atom. The van der Waals surface area contributed by atoms with Gasteiger partial charge in [0.15, 0.2) is 5.82 Å². The molecule has 2 aromatic heterocycles. The number of hydrogen-bond donors (Lipinski definition) is 1. The molecule has 4 nitrogen and oxygen atoms in total. The summed E-state index contributed by atoms with van der Waals surface area (Å²) in [6.07, 6.45) is 0. The largest absolute Gasteiger partial charge is 0.352 e. The van der Waals surface area contributed by atoms with E-state index in [-0.39, 0.29) is 0 Å². The van der Waals surface area contributed by atoms with Crippen molar-refractivity contribution in [2.45, 2.75) is 0 Å². The second-order valence-corrected chi connectivity index (χ2v) is 6.63. The molecule has 0 fully saturated rings. The number of halogens is 2. The van der Waals surface area contributed by atoms with Crippen molar-refractivity contribution < 1.29 is 0 Å². The molecule has 0 aliphatic carbocycles. The van der Waals surface area contributed by atoms with Crippen LogP contribution < -0.4 is 0 Å². The molecular weight excluding hydrogens is 355 g/mol. The standard InChI is InChI=1S/C19H10Cl2N4/c20-10-5-6-11(12(21)7-10)19-24-17-8-15-16(9-18(17)25-19)23-14-4-2-1-3-13(14)22-15/h1-9,22H. The first-order chi connectivity index (χ1) is 12.2. The van der Waals surface area contributed by atoms with Gasteiger partial charge < -0.3 is 4.98 Å². The highest BCUT2D eigenvalue weighted by atomic mass is 35.5. The topological polar surface area (TPSA) is 54.5 Å². The molecule has 5 rings (SSSR count). The second kappa shape index (κ2) is 5.41. The van der Waals surface area contributed by atoms with Crippen LogP contribution in [0.2, 0.25) is 10.0 Å². The van der Waals surface area contributed by atoms with Crippen LogP contribution in [0.5, 0.6) is 0 Å². The molecule has 0 unspecified atom stereocenters. The molecule has 6 heteroatoms. The van der Waals surface area contributed by atoms with Crippen LogP contribution in [-0.4, -0.2) is 19.9 Å². The van der Waals surface area contributed by atoms with E-state index >= 15 is 0 Å². The third-order valence-corrected chi connectivity index (χ3v) is 4.68. The normalized spacial score (nSPS) is 11.6. The van der Waals surface area contributed by atoms with E-state index in [2.05, 4.69) is 15.0 Å². The Kier molecular flexibility index (Phi) is 3.17. The summed E-state index contributed by atoms with van der Waals surface area (Å²) in [5.74, 6) is 0.580. The van der Waals surface area contributed by atoms with E-state index in [9.17, 15) is 0 Å². The van der Waals surface area contributed by atoms with Crippen LogP contribution in [0.3, 0.4) is 0 Å². The van der Waals surface area contributed by atoms with Crippen LogP contribution in [0.15, 0.2) is 54.6 Å². The fourth-order valence-corrected chi connectivity index (χ4v) is 3.43. The third kappa shape index (κ3) is 2.42. The molecule has 0 saturated heterocycles. The number of nitrogens with one attached hydrogen (secondary N) is 1. The van der Waals surface area contributed by atoms with Crippen molar-refractivity contribution in [2.24, 2.45) is 0 Å². The Labute approximate surface area is 152 Å². The molecule has 0 saturated carbocycles. The lowest BCUT2D eigenvalue weighted by Crippen LogP contribution is -1.87. The summed E-state index contributed by atoms with van der Waals surface area (Å²) in [4.78, 5) is 17.3. The van der Waals surface area contributed by atoms with Gasteiger partial charge in [-0.15, -0.1) is 0 Å². The zero-order chi connectivity index (χ0) is 17.0. The molecule has 0 aliphatic rings. The van der Waals surface area contributed by atoms with Gasteiger partial charge in [0.25, 0.3) is 0 Å². The molecule has 0 radical (unpaired) electrons. The minimum Gasteiger partial charge on any atom is -0.352 e. The van der Waals surface area contributed by atoms with Crippen molar-refractivity contribution >= 4 is 56.3 Å². The fraction of sp³-hybridized carbons (Fsp3) is 0.